The lowest BCUT2D eigenvalue weighted by molar-refractivity contribution is -0.0715. The Morgan fingerprint density at radius 2 is 0.894 bits per heavy atom. The second-order valence-electron chi connectivity index (χ2n) is 24.6. The first-order chi connectivity index (χ1) is 49.7. The fourth-order valence-electron chi connectivity index (χ4n) is 12.1. The number of aryl methyl sites for hydroxylation is 2. The van der Waals surface area contributed by atoms with E-state index in [0.29, 0.717) is 17.1 Å². The molecule has 4 fully saturated rings. The first-order valence-corrected chi connectivity index (χ1v) is 36.6. The number of phosphoric ester groups is 3. The number of anilines is 2. The topological polar surface area (TPSA) is 541 Å². The van der Waals surface area contributed by atoms with Crippen molar-refractivity contribution in [1.29, 1.82) is 0 Å². The van der Waals surface area contributed by atoms with E-state index in [9.17, 15) is 62.2 Å². The number of nitrogens with two attached hydrogens (primary N) is 2. The average molecular weight is 1510 g/mol. The highest BCUT2D eigenvalue weighted by molar-refractivity contribution is 7.48. The van der Waals surface area contributed by atoms with E-state index in [1.54, 1.807) is 18.2 Å². The van der Waals surface area contributed by atoms with Gasteiger partial charge >= 0.3 is 34.8 Å². The molecule has 0 spiro atoms. The molecule has 12 N–H and O–H groups in total. The van der Waals surface area contributed by atoms with Crippen LogP contribution in [-0.2, 0) is 84.3 Å². The monoisotopic (exact) mass is 1510 g/mol. The number of imidazole rings is 2. The first-order valence-electron chi connectivity index (χ1n) is 32.1. The van der Waals surface area contributed by atoms with Crippen molar-refractivity contribution in [3.05, 3.63) is 194 Å². The van der Waals surface area contributed by atoms with Gasteiger partial charge in [0.25, 0.3) is 22.2 Å². The Labute approximate surface area is 584 Å². The van der Waals surface area contributed by atoms with Gasteiger partial charge in [0.2, 0.25) is 11.9 Å². The molecule has 43 heteroatoms. The Balaban J connectivity index is 0.698. The van der Waals surface area contributed by atoms with Crippen molar-refractivity contribution >= 4 is 57.7 Å². The minimum Gasteiger partial charge on any atom is -0.485 e. The maximum Gasteiger partial charge on any atom is 0.472 e. The third-order valence-electron chi connectivity index (χ3n) is 17.2. The quantitative estimate of drug-likeness (QED) is 0.0301. The standard InChI is InChI=1S/C61H69N14O26P3/c1-31-20-72(60(81)70-54(31)77)47-17-39(43(96-47)25-89-22-35-13-14-37(90-23-33-9-5-3-6-10-33)38(15-35)91-24-34-11-7-4-8-12-34)99-103(85,86)93-27-44-40(18-48(97-44)73-21-32(2)55(78)71-61(73)82)100-104(87,88)94-28-45-41(19-49(98-45)75-30-65-51-53(75)67-59(63)69-57(51)80)101-102(83,84)92-26-42-36(76)16-46(95-42)74-29-64-50-52(74)66-58(62)68-56(50)79/h3-15,20-21,29-30,36,39-49,76H,16-19,22-28H2,1-2H3,(H,83,84)(H,85,86)(H,87,88)(H,70,77,81)(H,71,78,82)(H3,62,66,68,79)(H3,63,67,69,80). The summed E-state index contributed by atoms with van der Waals surface area (Å²) in [5.41, 5.74) is 9.16. The van der Waals surface area contributed by atoms with Crippen LogP contribution in [0.2, 0.25) is 0 Å². The summed E-state index contributed by atoms with van der Waals surface area (Å²) < 4.78 is 124. The maximum absolute atomic E-state index is 14.3. The number of hydrogen-bond acceptors (Lipinski definition) is 29. The molecule has 13 rings (SSSR count). The van der Waals surface area contributed by atoms with Gasteiger partial charge in [-0.25, -0.2) is 33.3 Å². The number of H-pyrrole nitrogens is 4. The van der Waals surface area contributed by atoms with E-state index >= 15 is 0 Å². The van der Waals surface area contributed by atoms with Crippen LogP contribution in [0.15, 0.2) is 133 Å². The highest BCUT2D eigenvalue weighted by Gasteiger charge is 2.49. The van der Waals surface area contributed by atoms with Gasteiger partial charge < -0.3 is 64.4 Å². The Kier molecular flexibility index (Phi) is 21.6. The van der Waals surface area contributed by atoms with E-state index in [-0.39, 0.29) is 84.6 Å². The molecule has 9 aromatic rings. The van der Waals surface area contributed by atoms with E-state index in [0.717, 1.165) is 32.8 Å². The molecule has 15 atom stereocenters. The summed E-state index contributed by atoms with van der Waals surface area (Å²) in [6.45, 7) is 0.101. The lowest BCUT2D eigenvalue weighted by Crippen LogP contribution is -2.33. The van der Waals surface area contributed by atoms with Crippen LogP contribution in [0.1, 0.15) is 78.4 Å². The normalized spacial score (nSPS) is 25.1. The van der Waals surface area contributed by atoms with E-state index in [2.05, 4.69) is 39.9 Å². The second-order valence-corrected chi connectivity index (χ2v) is 28.8. The van der Waals surface area contributed by atoms with Crippen LogP contribution in [0.5, 0.6) is 11.5 Å². The minimum absolute atomic E-state index is 0.0232. The third kappa shape index (κ3) is 17.0. The summed E-state index contributed by atoms with van der Waals surface area (Å²) in [7, 11) is -16.1. The number of nitrogens with one attached hydrogen (secondary N) is 4. The molecule has 0 bridgehead atoms. The largest absolute Gasteiger partial charge is 0.485 e. The molecule has 554 valence electrons. The fourth-order valence-corrected chi connectivity index (χ4v) is 15.0. The molecule has 10 heterocycles. The Morgan fingerprint density at radius 3 is 1.36 bits per heavy atom. The number of nitrogen functional groups attached to an aromatic ring is 2. The van der Waals surface area contributed by atoms with Crippen LogP contribution in [-0.4, -0.2) is 153 Å². The molecule has 0 radical (unpaired) electrons. The van der Waals surface area contributed by atoms with Crippen LogP contribution in [0.4, 0.5) is 11.9 Å². The van der Waals surface area contributed by atoms with Crippen LogP contribution < -0.4 is 54.6 Å². The van der Waals surface area contributed by atoms with Gasteiger partial charge in [0, 0.05) is 49.2 Å². The predicted molar refractivity (Wildman–Crippen MR) is 357 cm³/mol. The van der Waals surface area contributed by atoms with Crippen molar-refractivity contribution in [2.24, 2.45) is 0 Å². The Morgan fingerprint density at radius 1 is 0.490 bits per heavy atom. The minimum atomic E-state index is -5.49. The number of phosphoric acid groups is 3. The molecule has 0 aliphatic carbocycles. The van der Waals surface area contributed by atoms with Gasteiger partial charge in [0.05, 0.1) is 51.8 Å². The number of nitrogens with zero attached hydrogens (tertiary/aromatic N) is 8. The molecule has 0 saturated carbocycles. The van der Waals surface area contributed by atoms with Crippen molar-refractivity contribution < 1.29 is 93.8 Å². The molecule has 4 aliphatic rings. The Hall–Kier alpha value is -8.99. The van der Waals surface area contributed by atoms with Gasteiger partial charge in [-0.1, -0.05) is 66.7 Å². The average Bonchev–Trinajstić information content (AvgIpc) is 1.63. The lowest BCUT2D eigenvalue weighted by atomic mass is 10.2. The van der Waals surface area contributed by atoms with Gasteiger partial charge in [0.1, 0.15) is 80.9 Å². The lowest BCUT2D eigenvalue weighted by Gasteiger charge is -2.25. The van der Waals surface area contributed by atoms with Gasteiger partial charge in [-0.3, -0.25) is 84.5 Å². The molecule has 15 unspecified atom stereocenters. The Bertz CT molecular complexity index is 5150. The van der Waals surface area contributed by atoms with Crippen molar-refractivity contribution in [2.45, 2.75) is 133 Å². The number of hydrogen-bond donors (Lipinski definition) is 10. The number of aliphatic hydroxyl groups excluding tert-OH is 1. The van der Waals surface area contributed by atoms with Crippen molar-refractivity contribution in [2.75, 3.05) is 37.9 Å². The zero-order chi connectivity index (χ0) is 73.4. The van der Waals surface area contributed by atoms with Gasteiger partial charge in [-0.15, -0.1) is 0 Å². The SMILES string of the molecule is Cc1cn(C2CC(OP(=O)(O)OCC3OC(n4cc(C)c(=O)[nH]c4=O)CC3OP(=O)(O)OCC3OC(n4cnc5c(=O)[nH]c(N)nc54)CC3OP(=O)(O)OCC3OC(n4cnc5c(=O)[nH]c(N)nc54)CC3O)C(COCc3ccc(OCc4ccccc4)c(OCc4ccccc4)c3)O2)c(=O)[nH]c1=O. The number of benzene rings is 3. The summed E-state index contributed by atoms with van der Waals surface area (Å²) in [6.07, 6.45) is -13.4. The highest BCUT2D eigenvalue weighted by atomic mass is 31.2. The smallest absolute Gasteiger partial charge is 0.472 e. The third-order valence-corrected chi connectivity index (χ3v) is 20.3. The zero-order valence-electron chi connectivity index (χ0n) is 54.9. The van der Waals surface area contributed by atoms with Crippen molar-refractivity contribution in [3.8, 4) is 11.5 Å². The molecular formula is C61H69N14O26P3. The van der Waals surface area contributed by atoms with E-state index < -0.39 is 163 Å². The molecule has 6 aromatic heterocycles. The van der Waals surface area contributed by atoms with E-state index in [1.165, 1.54) is 35.5 Å². The summed E-state index contributed by atoms with van der Waals surface area (Å²) in [6, 6.07) is 24.2. The molecular weight excluding hydrogens is 1440 g/mol. The number of aliphatic hydroxyl groups is 1. The van der Waals surface area contributed by atoms with Crippen LogP contribution in [0.3, 0.4) is 0 Å². The maximum atomic E-state index is 14.3. The number of fused-ring (bicyclic) bond motifs is 2. The van der Waals surface area contributed by atoms with Gasteiger partial charge in [0.15, 0.2) is 33.8 Å². The molecule has 40 nitrogen and oxygen atoms in total. The van der Waals surface area contributed by atoms with Crippen LogP contribution in [0, 0.1) is 13.8 Å². The number of rotatable bonds is 29. The summed E-state index contributed by atoms with van der Waals surface area (Å²) in [5.74, 6) is 0.303. The van der Waals surface area contributed by atoms with Gasteiger partial charge in [-0.05, 0) is 42.7 Å². The van der Waals surface area contributed by atoms with E-state index in [1.807, 2.05) is 60.7 Å². The zero-order valence-corrected chi connectivity index (χ0v) is 57.5. The summed E-state index contributed by atoms with van der Waals surface area (Å²) in [4.78, 5) is 136. The van der Waals surface area contributed by atoms with E-state index in [4.69, 9.17) is 71.8 Å². The van der Waals surface area contributed by atoms with Crippen LogP contribution in [0.25, 0.3) is 22.3 Å². The molecule has 104 heavy (non-hydrogen) atoms. The number of aromatic amines is 4. The summed E-state index contributed by atoms with van der Waals surface area (Å²) >= 11 is 0. The van der Waals surface area contributed by atoms with Crippen molar-refractivity contribution in [1.82, 2.24) is 58.1 Å². The molecule has 4 aliphatic heterocycles. The summed E-state index contributed by atoms with van der Waals surface area (Å²) in [5, 5.41) is 11.0. The highest BCUT2D eigenvalue weighted by Crippen LogP contribution is 2.54. The first kappa shape index (κ1) is 73.3. The molecule has 0 amide bonds. The number of ether oxygens (including phenoxy) is 7. The van der Waals surface area contributed by atoms with Crippen LogP contribution >= 0.6 is 23.5 Å². The predicted octanol–water partition coefficient (Wildman–Crippen LogP) is 2.53. The van der Waals surface area contributed by atoms with Crippen molar-refractivity contribution in [3.63, 3.8) is 0 Å². The second kappa shape index (κ2) is 30.6. The molecule has 3 aromatic carbocycles. The van der Waals surface area contributed by atoms with Gasteiger partial charge in [-0.2, -0.15) is 9.97 Å². The number of aromatic nitrogens is 12. The fraction of sp³-hybridized carbons (Fsp3) is 0.410. The molecule has 4 saturated heterocycles.